The number of pyridine rings is 1. The van der Waals surface area contributed by atoms with E-state index < -0.39 is 17.7 Å². The van der Waals surface area contributed by atoms with Crippen molar-refractivity contribution in [3.63, 3.8) is 0 Å². The number of carbonyl (C=O) groups is 2. The Morgan fingerprint density at radius 1 is 1.21 bits per heavy atom. The van der Waals surface area contributed by atoms with Crippen molar-refractivity contribution >= 4 is 33.4 Å². The third kappa shape index (κ3) is 4.74. The number of hydrogen-bond donors (Lipinski definition) is 1. The van der Waals surface area contributed by atoms with Crippen molar-refractivity contribution in [3.8, 4) is 0 Å². The van der Waals surface area contributed by atoms with E-state index in [2.05, 4.69) is 20.9 Å². The van der Waals surface area contributed by atoms with Crippen molar-refractivity contribution in [1.29, 1.82) is 0 Å². The minimum Gasteiger partial charge on any atom is -0.507 e. The van der Waals surface area contributed by atoms with Gasteiger partial charge in [-0.15, -0.1) is 0 Å². The van der Waals surface area contributed by atoms with Gasteiger partial charge in [-0.05, 0) is 44.5 Å². The Morgan fingerprint density at radius 2 is 1.93 bits per heavy atom. The summed E-state index contributed by atoms with van der Waals surface area (Å²) in [6.07, 6.45) is 2.28. The number of hydrogen-bond acceptors (Lipinski definition) is 5. The molecule has 1 aliphatic heterocycles. The van der Waals surface area contributed by atoms with Crippen LogP contribution in [-0.4, -0.2) is 45.9 Å². The highest BCUT2D eigenvalue weighted by molar-refractivity contribution is 9.10. The zero-order valence-electron chi connectivity index (χ0n) is 16.3. The van der Waals surface area contributed by atoms with Crippen molar-refractivity contribution in [2.45, 2.75) is 32.4 Å². The van der Waals surface area contributed by atoms with Crippen LogP contribution in [0.5, 0.6) is 0 Å². The summed E-state index contributed by atoms with van der Waals surface area (Å²) in [5.41, 5.74) is 1.06. The lowest BCUT2D eigenvalue weighted by Gasteiger charge is -2.24. The van der Waals surface area contributed by atoms with Gasteiger partial charge in [-0.1, -0.05) is 34.1 Å². The lowest BCUT2D eigenvalue weighted by molar-refractivity contribution is -0.140. The Morgan fingerprint density at radius 3 is 2.55 bits per heavy atom. The molecule has 2 aromatic rings. The summed E-state index contributed by atoms with van der Waals surface area (Å²) in [7, 11) is 0. The number of halogens is 1. The van der Waals surface area contributed by atoms with Crippen LogP contribution in [0.15, 0.2) is 58.7 Å². The van der Waals surface area contributed by atoms with Gasteiger partial charge in [0.15, 0.2) is 0 Å². The molecule has 0 bridgehead atoms. The van der Waals surface area contributed by atoms with Gasteiger partial charge in [0.25, 0.3) is 11.7 Å². The Kier molecular flexibility index (Phi) is 6.82. The van der Waals surface area contributed by atoms with Gasteiger partial charge in [0, 0.05) is 29.4 Å². The molecule has 1 fully saturated rings. The molecule has 0 radical (unpaired) electrons. The molecule has 1 aromatic carbocycles. The fourth-order valence-corrected chi connectivity index (χ4v) is 3.54. The fraction of sp³-hybridized carbons (Fsp3) is 0.318. The van der Waals surface area contributed by atoms with Crippen molar-refractivity contribution in [2.24, 2.45) is 0 Å². The number of aliphatic hydroxyl groups excluding tert-OH is 1. The van der Waals surface area contributed by atoms with E-state index in [0.29, 0.717) is 30.8 Å². The SMILES string of the molecule is CC(C)OCCCN1C(=O)C(=O)/C(=C(\O)c2ccc(Br)cc2)C1c1ccccn1. The first-order chi connectivity index (χ1) is 13.9. The Labute approximate surface area is 178 Å². The van der Waals surface area contributed by atoms with Crippen molar-refractivity contribution in [1.82, 2.24) is 9.88 Å². The normalized spacial score (nSPS) is 18.6. The highest BCUT2D eigenvalue weighted by atomic mass is 79.9. The first kappa shape index (κ1) is 21.2. The van der Waals surface area contributed by atoms with Crippen LogP contribution in [0.25, 0.3) is 5.76 Å². The molecule has 1 unspecified atom stereocenters. The molecule has 2 heterocycles. The topological polar surface area (TPSA) is 79.7 Å². The molecule has 0 spiro atoms. The summed E-state index contributed by atoms with van der Waals surface area (Å²) in [5, 5.41) is 10.9. The van der Waals surface area contributed by atoms with Crippen molar-refractivity contribution in [2.75, 3.05) is 13.2 Å². The Balaban J connectivity index is 1.99. The number of nitrogens with zero attached hydrogens (tertiary/aromatic N) is 2. The van der Waals surface area contributed by atoms with Crippen LogP contribution in [0.4, 0.5) is 0 Å². The second kappa shape index (κ2) is 9.33. The lowest BCUT2D eigenvalue weighted by Crippen LogP contribution is -2.31. The average Bonchev–Trinajstić information content (AvgIpc) is 2.96. The number of benzene rings is 1. The zero-order valence-corrected chi connectivity index (χ0v) is 17.9. The van der Waals surface area contributed by atoms with Crippen LogP contribution in [0.2, 0.25) is 0 Å². The molecule has 1 aromatic heterocycles. The Bertz CT molecular complexity index is 910. The molecule has 1 saturated heterocycles. The first-order valence-corrected chi connectivity index (χ1v) is 10.3. The quantitative estimate of drug-likeness (QED) is 0.292. The number of ether oxygens (including phenoxy) is 1. The van der Waals surface area contributed by atoms with Gasteiger partial charge in [0.1, 0.15) is 11.8 Å². The summed E-state index contributed by atoms with van der Waals surface area (Å²) < 4.78 is 6.40. The number of aliphatic hydroxyl groups is 1. The van der Waals surface area contributed by atoms with Crippen LogP contribution in [-0.2, 0) is 14.3 Å². The molecule has 1 aliphatic rings. The number of amides is 1. The van der Waals surface area contributed by atoms with Crippen LogP contribution in [0, 0.1) is 0 Å². The summed E-state index contributed by atoms with van der Waals surface area (Å²) in [4.78, 5) is 31.4. The standard InChI is InChI=1S/C22H23BrN2O4/c1-14(2)29-13-5-12-25-19(17-6-3-4-11-24-17)18(21(27)22(25)28)20(26)15-7-9-16(23)10-8-15/h3-4,6-11,14,19,26H,5,12-13H2,1-2H3/b20-18-. The van der Waals surface area contributed by atoms with Crippen LogP contribution in [0.1, 0.15) is 37.6 Å². The monoisotopic (exact) mass is 458 g/mol. The molecule has 29 heavy (non-hydrogen) atoms. The van der Waals surface area contributed by atoms with Crippen LogP contribution in [0.3, 0.4) is 0 Å². The molecule has 0 aliphatic carbocycles. The number of ketones is 1. The summed E-state index contributed by atoms with van der Waals surface area (Å²) in [6.45, 7) is 4.69. The molecule has 152 valence electrons. The smallest absolute Gasteiger partial charge is 0.295 e. The van der Waals surface area contributed by atoms with E-state index in [-0.39, 0.29) is 17.4 Å². The van der Waals surface area contributed by atoms with Gasteiger partial charge >= 0.3 is 0 Å². The number of rotatable bonds is 7. The van der Waals surface area contributed by atoms with E-state index in [4.69, 9.17) is 4.74 Å². The van der Waals surface area contributed by atoms with Gasteiger partial charge in [-0.3, -0.25) is 14.6 Å². The third-order valence-corrected chi connectivity index (χ3v) is 5.15. The van der Waals surface area contributed by atoms with Crippen LogP contribution >= 0.6 is 15.9 Å². The minimum absolute atomic E-state index is 0.0563. The number of aromatic nitrogens is 1. The minimum atomic E-state index is -0.737. The van der Waals surface area contributed by atoms with Gasteiger partial charge in [0.05, 0.1) is 17.4 Å². The van der Waals surface area contributed by atoms with Crippen molar-refractivity contribution in [3.05, 3.63) is 70.0 Å². The molecule has 7 heteroatoms. The molecular weight excluding hydrogens is 436 g/mol. The second-order valence-corrected chi connectivity index (χ2v) is 7.94. The zero-order chi connectivity index (χ0) is 21.0. The highest BCUT2D eigenvalue weighted by Crippen LogP contribution is 2.38. The molecular formula is C22H23BrN2O4. The molecule has 3 rings (SSSR count). The van der Waals surface area contributed by atoms with Crippen molar-refractivity contribution < 1.29 is 19.4 Å². The molecule has 1 amide bonds. The Hall–Kier alpha value is -2.51. The molecule has 1 atom stereocenters. The van der Waals surface area contributed by atoms with Gasteiger partial charge in [-0.2, -0.15) is 0 Å². The average molecular weight is 459 g/mol. The number of likely N-dealkylation sites (tertiary alicyclic amines) is 1. The predicted molar refractivity (Wildman–Crippen MR) is 113 cm³/mol. The summed E-state index contributed by atoms with van der Waals surface area (Å²) in [6, 6.07) is 11.5. The van der Waals surface area contributed by atoms with E-state index in [1.165, 1.54) is 4.90 Å². The number of carbonyl (C=O) groups excluding carboxylic acids is 2. The maximum atomic E-state index is 12.8. The largest absolute Gasteiger partial charge is 0.507 e. The highest BCUT2D eigenvalue weighted by Gasteiger charge is 2.46. The van der Waals surface area contributed by atoms with Gasteiger partial charge < -0.3 is 14.7 Å². The first-order valence-electron chi connectivity index (χ1n) is 9.47. The molecule has 6 nitrogen and oxygen atoms in total. The third-order valence-electron chi connectivity index (χ3n) is 4.62. The van der Waals surface area contributed by atoms with E-state index in [0.717, 1.165) is 4.47 Å². The second-order valence-electron chi connectivity index (χ2n) is 7.03. The van der Waals surface area contributed by atoms with E-state index in [1.807, 2.05) is 13.8 Å². The summed E-state index contributed by atoms with van der Waals surface area (Å²) >= 11 is 3.35. The van der Waals surface area contributed by atoms with Gasteiger partial charge in [0.2, 0.25) is 0 Å². The fourth-order valence-electron chi connectivity index (χ4n) is 3.27. The lowest BCUT2D eigenvalue weighted by atomic mass is 9.98. The van der Waals surface area contributed by atoms with Crippen LogP contribution < -0.4 is 0 Å². The van der Waals surface area contributed by atoms with E-state index in [9.17, 15) is 14.7 Å². The summed E-state index contributed by atoms with van der Waals surface area (Å²) in [5.74, 6) is -1.54. The van der Waals surface area contributed by atoms with E-state index in [1.54, 1.807) is 48.7 Å². The van der Waals surface area contributed by atoms with E-state index >= 15 is 0 Å². The maximum Gasteiger partial charge on any atom is 0.295 e. The predicted octanol–water partition coefficient (Wildman–Crippen LogP) is 4.08. The molecule has 0 saturated carbocycles. The maximum absolute atomic E-state index is 12.8. The van der Waals surface area contributed by atoms with Gasteiger partial charge in [-0.25, -0.2) is 0 Å². The number of Topliss-reactive ketones (excluding diaryl/α,β-unsaturated/α-hetero) is 1. The molecule has 1 N–H and O–H groups in total.